The second-order valence-electron chi connectivity index (χ2n) is 6.96. The predicted octanol–water partition coefficient (Wildman–Crippen LogP) is 3.35. The summed E-state index contributed by atoms with van der Waals surface area (Å²) < 4.78 is 13.0. The molecular weight excluding hydrogens is 378 g/mol. The van der Waals surface area contributed by atoms with Crippen LogP contribution in [0.5, 0.6) is 0 Å². The third-order valence-corrected chi connectivity index (χ3v) is 5.98. The molecule has 0 N–H and O–H groups in total. The molecule has 0 radical (unpaired) electrons. The number of amides is 1. The lowest BCUT2D eigenvalue weighted by Gasteiger charge is -2.19. The zero-order valence-corrected chi connectivity index (χ0v) is 16.1. The van der Waals surface area contributed by atoms with E-state index in [0.29, 0.717) is 23.9 Å². The van der Waals surface area contributed by atoms with Crippen LogP contribution in [0.15, 0.2) is 55.9 Å². The van der Waals surface area contributed by atoms with Gasteiger partial charge < -0.3 is 13.4 Å². The summed E-state index contributed by atoms with van der Waals surface area (Å²) in [5.41, 5.74) is 0.736. The van der Waals surface area contributed by atoms with Gasteiger partial charge in [0.2, 0.25) is 0 Å². The van der Waals surface area contributed by atoms with Crippen molar-refractivity contribution in [3.8, 4) is 0 Å². The first kappa shape index (κ1) is 17.3. The molecule has 0 aromatic carbocycles. The SMILES string of the molecule is Cn1c(SCC(=O)N2N=C(c3ccco3)CC2c2ccco2)nnc1C1CC1. The van der Waals surface area contributed by atoms with Crippen molar-refractivity contribution < 1.29 is 13.6 Å². The van der Waals surface area contributed by atoms with Crippen LogP contribution in [-0.4, -0.2) is 37.1 Å². The van der Waals surface area contributed by atoms with Crippen molar-refractivity contribution in [3.63, 3.8) is 0 Å². The Balaban J connectivity index is 1.33. The number of aromatic nitrogens is 3. The molecular formula is C19H19N5O3S. The summed E-state index contributed by atoms with van der Waals surface area (Å²) in [6.07, 6.45) is 6.09. The first-order chi connectivity index (χ1) is 13.7. The van der Waals surface area contributed by atoms with E-state index in [1.54, 1.807) is 12.5 Å². The lowest BCUT2D eigenvalue weighted by Crippen LogP contribution is -2.28. The van der Waals surface area contributed by atoms with Crippen LogP contribution in [0.25, 0.3) is 0 Å². The molecule has 1 fully saturated rings. The van der Waals surface area contributed by atoms with Gasteiger partial charge in [-0.2, -0.15) is 5.10 Å². The van der Waals surface area contributed by atoms with Gasteiger partial charge in [-0.25, -0.2) is 5.01 Å². The first-order valence-electron chi connectivity index (χ1n) is 9.19. The number of hydrogen-bond acceptors (Lipinski definition) is 7. The summed E-state index contributed by atoms with van der Waals surface area (Å²) in [7, 11) is 1.95. The molecule has 144 valence electrons. The number of hydrazone groups is 1. The Morgan fingerprint density at radius 1 is 1.21 bits per heavy atom. The van der Waals surface area contributed by atoms with Crippen LogP contribution in [0.1, 0.15) is 48.6 Å². The molecule has 0 spiro atoms. The minimum atomic E-state index is -0.273. The zero-order valence-electron chi connectivity index (χ0n) is 15.3. The van der Waals surface area contributed by atoms with Gasteiger partial charge in [0, 0.05) is 19.4 Å². The Kier molecular flexibility index (Phi) is 4.31. The fraction of sp³-hybridized carbons (Fsp3) is 0.368. The van der Waals surface area contributed by atoms with Crippen LogP contribution in [0.2, 0.25) is 0 Å². The van der Waals surface area contributed by atoms with Gasteiger partial charge in [-0.05, 0) is 37.1 Å². The number of rotatable bonds is 6. The van der Waals surface area contributed by atoms with Crippen LogP contribution in [0, 0.1) is 0 Å². The van der Waals surface area contributed by atoms with Crippen molar-refractivity contribution >= 4 is 23.4 Å². The Labute approximate surface area is 165 Å². The molecule has 1 aliphatic carbocycles. The number of furan rings is 2. The largest absolute Gasteiger partial charge is 0.467 e. The van der Waals surface area contributed by atoms with Gasteiger partial charge in [0.15, 0.2) is 5.16 Å². The molecule has 1 atom stereocenters. The summed E-state index contributed by atoms with van der Waals surface area (Å²) in [6, 6.07) is 7.07. The van der Waals surface area contributed by atoms with E-state index in [2.05, 4.69) is 15.3 Å². The number of carbonyl (C=O) groups is 1. The topological polar surface area (TPSA) is 89.7 Å². The van der Waals surface area contributed by atoms with Gasteiger partial charge in [-0.15, -0.1) is 10.2 Å². The third kappa shape index (κ3) is 3.15. The average molecular weight is 397 g/mol. The molecule has 2 aliphatic rings. The van der Waals surface area contributed by atoms with E-state index in [4.69, 9.17) is 8.83 Å². The molecule has 4 heterocycles. The number of carbonyl (C=O) groups excluding carboxylic acids is 1. The van der Waals surface area contributed by atoms with Gasteiger partial charge in [-0.3, -0.25) is 4.79 Å². The summed E-state index contributed by atoms with van der Waals surface area (Å²) in [5, 5.41) is 15.3. The van der Waals surface area contributed by atoms with Crippen LogP contribution in [-0.2, 0) is 11.8 Å². The van der Waals surface area contributed by atoms with E-state index in [-0.39, 0.29) is 17.7 Å². The second-order valence-corrected chi connectivity index (χ2v) is 7.90. The Morgan fingerprint density at radius 3 is 2.75 bits per heavy atom. The highest BCUT2D eigenvalue weighted by Crippen LogP contribution is 2.39. The average Bonchev–Trinajstić information content (AvgIpc) is 3.19. The van der Waals surface area contributed by atoms with Crippen molar-refractivity contribution in [2.45, 2.75) is 36.4 Å². The fourth-order valence-electron chi connectivity index (χ4n) is 3.38. The van der Waals surface area contributed by atoms with E-state index in [9.17, 15) is 4.79 Å². The molecule has 3 aromatic rings. The van der Waals surface area contributed by atoms with Gasteiger partial charge in [-0.1, -0.05) is 11.8 Å². The van der Waals surface area contributed by atoms with Crippen molar-refractivity contribution in [2.75, 3.05) is 5.75 Å². The highest BCUT2D eigenvalue weighted by molar-refractivity contribution is 7.99. The smallest absolute Gasteiger partial charge is 0.253 e. The standard InChI is InChI=1S/C19H19N5O3S/c1-23-18(12-6-7-12)20-21-19(23)28-11-17(25)24-14(16-5-3-9-27-16)10-13(22-24)15-4-2-8-26-15/h2-5,8-9,12,14H,6-7,10-11H2,1H3. The lowest BCUT2D eigenvalue weighted by atomic mass is 10.1. The monoisotopic (exact) mass is 397 g/mol. The zero-order chi connectivity index (χ0) is 19.1. The normalized spacial score (nSPS) is 19.2. The Hall–Kier alpha value is -2.81. The van der Waals surface area contributed by atoms with E-state index in [1.807, 2.05) is 35.9 Å². The quantitative estimate of drug-likeness (QED) is 0.593. The van der Waals surface area contributed by atoms with Crippen LogP contribution < -0.4 is 0 Å². The molecule has 3 aromatic heterocycles. The molecule has 8 nitrogen and oxygen atoms in total. The lowest BCUT2D eigenvalue weighted by molar-refractivity contribution is -0.130. The maximum Gasteiger partial charge on any atom is 0.253 e. The van der Waals surface area contributed by atoms with E-state index < -0.39 is 0 Å². The highest BCUT2D eigenvalue weighted by Gasteiger charge is 2.36. The van der Waals surface area contributed by atoms with Crippen LogP contribution in [0.4, 0.5) is 0 Å². The molecule has 1 saturated carbocycles. The van der Waals surface area contributed by atoms with Gasteiger partial charge in [0.25, 0.3) is 5.91 Å². The molecule has 0 bridgehead atoms. The first-order valence-corrected chi connectivity index (χ1v) is 10.2. The number of thioether (sulfide) groups is 1. The molecule has 9 heteroatoms. The molecule has 28 heavy (non-hydrogen) atoms. The minimum absolute atomic E-state index is 0.107. The molecule has 0 saturated heterocycles. The van der Waals surface area contributed by atoms with Crippen molar-refractivity contribution in [1.82, 2.24) is 19.8 Å². The third-order valence-electron chi connectivity index (χ3n) is 4.98. The van der Waals surface area contributed by atoms with Crippen molar-refractivity contribution in [1.29, 1.82) is 0 Å². The highest BCUT2D eigenvalue weighted by atomic mass is 32.2. The maximum atomic E-state index is 13.0. The van der Waals surface area contributed by atoms with Crippen LogP contribution >= 0.6 is 11.8 Å². The van der Waals surface area contributed by atoms with Gasteiger partial charge in [0.1, 0.15) is 29.1 Å². The molecule has 1 unspecified atom stereocenters. The Morgan fingerprint density at radius 2 is 2.04 bits per heavy atom. The molecule has 5 rings (SSSR count). The fourth-order valence-corrected chi connectivity index (χ4v) is 4.15. The Bertz CT molecular complexity index is 1000. The summed E-state index contributed by atoms with van der Waals surface area (Å²) >= 11 is 1.38. The van der Waals surface area contributed by atoms with E-state index >= 15 is 0 Å². The van der Waals surface area contributed by atoms with Crippen LogP contribution in [0.3, 0.4) is 0 Å². The number of hydrogen-bond donors (Lipinski definition) is 0. The molecule has 1 aliphatic heterocycles. The maximum absolute atomic E-state index is 13.0. The summed E-state index contributed by atoms with van der Waals surface area (Å²) in [4.78, 5) is 13.0. The van der Waals surface area contributed by atoms with Crippen molar-refractivity contribution in [2.24, 2.45) is 12.1 Å². The van der Waals surface area contributed by atoms with E-state index in [1.165, 1.54) is 29.6 Å². The molecule has 1 amide bonds. The predicted molar refractivity (Wildman–Crippen MR) is 102 cm³/mol. The minimum Gasteiger partial charge on any atom is -0.467 e. The second kappa shape index (κ2) is 6.97. The summed E-state index contributed by atoms with van der Waals surface area (Å²) in [5.74, 6) is 3.01. The van der Waals surface area contributed by atoms with E-state index in [0.717, 1.165) is 16.7 Å². The van der Waals surface area contributed by atoms with Crippen molar-refractivity contribution in [3.05, 3.63) is 54.1 Å². The van der Waals surface area contributed by atoms with Gasteiger partial charge in [0.05, 0.1) is 18.3 Å². The summed E-state index contributed by atoms with van der Waals surface area (Å²) in [6.45, 7) is 0. The van der Waals surface area contributed by atoms with Gasteiger partial charge >= 0.3 is 0 Å². The number of nitrogens with zero attached hydrogens (tertiary/aromatic N) is 5.